The molecule has 1 aliphatic heterocycles. The first kappa shape index (κ1) is 18.2. The predicted molar refractivity (Wildman–Crippen MR) is 102 cm³/mol. The molecule has 0 spiro atoms. The highest BCUT2D eigenvalue weighted by atomic mass is 32.2. The van der Waals surface area contributed by atoms with E-state index in [2.05, 4.69) is 10.3 Å². The molecule has 2 aromatic rings. The fourth-order valence-electron chi connectivity index (χ4n) is 2.82. The summed E-state index contributed by atoms with van der Waals surface area (Å²) in [5.41, 5.74) is 8.49. The summed E-state index contributed by atoms with van der Waals surface area (Å²) in [6, 6.07) is 10.9. The topological polar surface area (TPSA) is 99.7 Å². The standard InChI is InChI=1S/C18H19FN4O2S/c1-18(8-9-26-17(20)22-18)11-6-7-13(19)15(10-11)21-16(24)12-4-2-3-5-14(12)23-25/h2-7,10,23,25H,8-9H2,1H3,(H2,20,22)(H,21,24). The van der Waals surface area contributed by atoms with Crippen LogP contribution in [-0.4, -0.2) is 22.0 Å². The molecule has 3 rings (SSSR count). The van der Waals surface area contributed by atoms with Crippen LogP contribution in [0.4, 0.5) is 15.8 Å². The fraction of sp³-hybridized carbons (Fsp3) is 0.222. The number of nitrogens with zero attached hydrogens (tertiary/aromatic N) is 1. The number of benzene rings is 2. The monoisotopic (exact) mass is 374 g/mol. The van der Waals surface area contributed by atoms with Crippen LogP contribution in [0.5, 0.6) is 0 Å². The van der Waals surface area contributed by atoms with Gasteiger partial charge in [-0.25, -0.2) is 4.39 Å². The van der Waals surface area contributed by atoms with Crippen molar-refractivity contribution in [2.75, 3.05) is 16.5 Å². The van der Waals surface area contributed by atoms with Crippen molar-refractivity contribution in [1.82, 2.24) is 0 Å². The smallest absolute Gasteiger partial charge is 0.257 e. The van der Waals surface area contributed by atoms with Gasteiger partial charge in [0.05, 0.1) is 22.5 Å². The van der Waals surface area contributed by atoms with Crippen molar-refractivity contribution >= 4 is 34.2 Å². The van der Waals surface area contributed by atoms with Gasteiger partial charge in [-0.15, -0.1) is 0 Å². The molecule has 8 heteroatoms. The number of nitrogens with two attached hydrogens (primary N) is 1. The Hall–Kier alpha value is -2.58. The summed E-state index contributed by atoms with van der Waals surface area (Å²) in [7, 11) is 0. The summed E-state index contributed by atoms with van der Waals surface area (Å²) < 4.78 is 14.3. The Morgan fingerprint density at radius 1 is 1.31 bits per heavy atom. The van der Waals surface area contributed by atoms with Gasteiger partial charge in [-0.2, -0.15) is 0 Å². The Bertz CT molecular complexity index is 874. The highest BCUT2D eigenvalue weighted by molar-refractivity contribution is 8.13. The van der Waals surface area contributed by atoms with E-state index in [4.69, 9.17) is 10.9 Å². The number of thioether (sulfide) groups is 1. The minimum absolute atomic E-state index is 0.0495. The van der Waals surface area contributed by atoms with Crippen molar-refractivity contribution in [2.45, 2.75) is 18.9 Å². The molecule has 0 saturated carbocycles. The molecule has 1 amide bonds. The second-order valence-electron chi connectivity index (χ2n) is 6.13. The SMILES string of the molecule is CC1(c2ccc(F)c(NC(=O)c3ccccc3NO)c2)CCSC(N)=N1. The largest absolute Gasteiger partial charge is 0.379 e. The minimum Gasteiger partial charge on any atom is -0.379 e. The van der Waals surface area contributed by atoms with E-state index >= 15 is 0 Å². The van der Waals surface area contributed by atoms with Crippen LogP contribution in [0.2, 0.25) is 0 Å². The third-order valence-corrected chi connectivity index (χ3v) is 5.12. The Morgan fingerprint density at radius 2 is 2.08 bits per heavy atom. The molecule has 26 heavy (non-hydrogen) atoms. The first-order chi connectivity index (χ1) is 12.4. The Balaban J connectivity index is 1.91. The maximum atomic E-state index is 14.3. The maximum absolute atomic E-state index is 14.3. The zero-order valence-electron chi connectivity index (χ0n) is 14.1. The fourth-order valence-corrected chi connectivity index (χ4v) is 3.79. The quantitative estimate of drug-likeness (QED) is 0.614. The van der Waals surface area contributed by atoms with Crippen LogP contribution in [0.15, 0.2) is 47.5 Å². The van der Waals surface area contributed by atoms with Crippen LogP contribution in [0.25, 0.3) is 0 Å². The van der Waals surface area contributed by atoms with E-state index < -0.39 is 17.3 Å². The lowest BCUT2D eigenvalue weighted by Crippen LogP contribution is -2.29. The van der Waals surface area contributed by atoms with E-state index in [1.807, 2.05) is 12.4 Å². The average Bonchev–Trinajstić information content (AvgIpc) is 2.63. The summed E-state index contributed by atoms with van der Waals surface area (Å²) in [4.78, 5) is 17.0. The second kappa shape index (κ2) is 7.35. The number of hydrogen-bond acceptors (Lipinski definition) is 6. The van der Waals surface area contributed by atoms with Gasteiger partial charge in [0, 0.05) is 5.75 Å². The van der Waals surface area contributed by atoms with Gasteiger partial charge in [0.25, 0.3) is 5.91 Å². The zero-order chi connectivity index (χ0) is 18.7. The van der Waals surface area contributed by atoms with Crippen molar-refractivity contribution in [3.63, 3.8) is 0 Å². The summed E-state index contributed by atoms with van der Waals surface area (Å²) in [5, 5.41) is 12.2. The normalized spacial score (nSPS) is 19.6. The van der Waals surface area contributed by atoms with Gasteiger partial charge in [0.2, 0.25) is 0 Å². The van der Waals surface area contributed by atoms with Crippen molar-refractivity contribution in [3.8, 4) is 0 Å². The molecule has 0 fully saturated rings. The van der Waals surface area contributed by atoms with Crippen molar-refractivity contribution in [2.24, 2.45) is 10.7 Å². The first-order valence-corrected chi connectivity index (χ1v) is 9.00. The maximum Gasteiger partial charge on any atom is 0.257 e. The highest BCUT2D eigenvalue weighted by Gasteiger charge is 2.30. The first-order valence-electron chi connectivity index (χ1n) is 8.01. The molecule has 0 aromatic heterocycles. The molecule has 5 N–H and O–H groups in total. The van der Waals surface area contributed by atoms with Gasteiger partial charge in [0.15, 0.2) is 5.17 Å². The van der Waals surface area contributed by atoms with Crippen LogP contribution in [0, 0.1) is 5.82 Å². The van der Waals surface area contributed by atoms with E-state index in [9.17, 15) is 9.18 Å². The average molecular weight is 374 g/mol. The lowest BCUT2D eigenvalue weighted by molar-refractivity contribution is 0.102. The van der Waals surface area contributed by atoms with Crippen LogP contribution in [0.1, 0.15) is 29.3 Å². The van der Waals surface area contributed by atoms with E-state index in [1.165, 1.54) is 23.9 Å². The molecular weight excluding hydrogens is 355 g/mol. The molecular formula is C18H19FN4O2S. The number of aliphatic imine (C=N–C) groups is 1. The van der Waals surface area contributed by atoms with Crippen LogP contribution in [0.3, 0.4) is 0 Å². The van der Waals surface area contributed by atoms with E-state index in [-0.39, 0.29) is 16.9 Å². The molecule has 6 nitrogen and oxygen atoms in total. The number of amidine groups is 1. The van der Waals surface area contributed by atoms with Crippen LogP contribution < -0.4 is 16.5 Å². The van der Waals surface area contributed by atoms with Gasteiger partial charge in [-0.05, 0) is 43.2 Å². The highest BCUT2D eigenvalue weighted by Crippen LogP contribution is 2.36. The number of rotatable bonds is 4. The number of carbonyl (C=O) groups excluding carboxylic acids is 1. The summed E-state index contributed by atoms with van der Waals surface area (Å²) in [6.07, 6.45) is 0.759. The molecule has 0 radical (unpaired) electrons. The van der Waals surface area contributed by atoms with Gasteiger partial charge in [-0.3, -0.25) is 20.5 Å². The second-order valence-corrected chi connectivity index (χ2v) is 7.24. The number of carbonyl (C=O) groups is 1. The summed E-state index contributed by atoms with van der Waals surface area (Å²) in [6.45, 7) is 1.93. The molecule has 1 unspecified atom stereocenters. The number of para-hydroxylation sites is 1. The Labute approximate surface area is 154 Å². The third kappa shape index (κ3) is 3.66. The molecule has 1 aliphatic rings. The zero-order valence-corrected chi connectivity index (χ0v) is 14.9. The van der Waals surface area contributed by atoms with E-state index in [1.54, 1.807) is 30.3 Å². The number of hydrogen-bond donors (Lipinski definition) is 4. The van der Waals surface area contributed by atoms with Crippen molar-refractivity contribution < 1.29 is 14.4 Å². The van der Waals surface area contributed by atoms with Gasteiger partial charge in [0.1, 0.15) is 5.82 Å². The lowest BCUT2D eigenvalue weighted by Gasteiger charge is -2.30. The Kier molecular flexibility index (Phi) is 5.15. The van der Waals surface area contributed by atoms with E-state index in [0.717, 1.165) is 17.7 Å². The predicted octanol–water partition coefficient (Wildman–Crippen LogP) is 3.55. The molecule has 1 heterocycles. The summed E-state index contributed by atoms with van der Waals surface area (Å²) >= 11 is 1.49. The van der Waals surface area contributed by atoms with Crippen LogP contribution in [-0.2, 0) is 5.54 Å². The molecule has 1 atom stereocenters. The molecule has 136 valence electrons. The molecule has 0 aliphatic carbocycles. The minimum atomic E-state index is -0.562. The summed E-state index contributed by atoms with van der Waals surface area (Å²) in [5.74, 6) is -0.270. The van der Waals surface area contributed by atoms with E-state index in [0.29, 0.717) is 5.17 Å². The molecule has 2 aromatic carbocycles. The number of nitrogens with one attached hydrogen (secondary N) is 2. The lowest BCUT2D eigenvalue weighted by atomic mass is 9.89. The van der Waals surface area contributed by atoms with Gasteiger partial charge >= 0.3 is 0 Å². The molecule has 0 bridgehead atoms. The van der Waals surface area contributed by atoms with Gasteiger partial charge < -0.3 is 11.1 Å². The number of amides is 1. The Morgan fingerprint density at radius 3 is 2.81 bits per heavy atom. The van der Waals surface area contributed by atoms with Crippen LogP contribution >= 0.6 is 11.8 Å². The van der Waals surface area contributed by atoms with Crippen molar-refractivity contribution in [3.05, 3.63) is 59.4 Å². The number of halogens is 1. The molecule has 0 saturated heterocycles. The van der Waals surface area contributed by atoms with Gasteiger partial charge in [-0.1, -0.05) is 30.0 Å². The van der Waals surface area contributed by atoms with Crippen molar-refractivity contribution in [1.29, 1.82) is 0 Å². The number of anilines is 2. The third-order valence-electron chi connectivity index (χ3n) is 4.32.